The first-order valence-electron chi connectivity index (χ1n) is 4.69. The maximum absolute atomic E-state index is 11.3. The van der Waals surface area contributed by atoms with Gasteiger partial charge in [0.15, 0.2) is 0 Å². The first-order valence-corrected chi connectivity index (χ1v) is 4.69. The molecule has 0 bridgehead atoms. The third-order valence-electron chi connectivity index (χ3n) is 1.79. The zero-order chi connectivity index (χ0) is 11.3. The summed E-state index contributed by atoms with van der Waals surface area (Å²) in [5.74, 6) is 0.876. The minimum absolute atomic E-state index is 0.0516. The molecule has 0 saturated heterocycles. The number of nitrogens with one attached hydrogen (secondary N) is 1. The highest BCUT2D eigenvalue weighted by Crippen LogP contribution is 2.07. The molecule has 0 fully saturated rings. The first-order chi connectivity index (χ1) is 7.13. The van der Waals surface area contributed by atoms with E-state index in [9.17, 15) is 4.79 Å². The molecule has 0 atom stereocenters. The van der Waals surface area contributed by atoms with E-state index < -0.39 is 0 Å². The molecule has 6 heteroatoms. The lowest BCUT2D eigenvalue weighted by atomic mass is 10.5. The van der Waals surface area contributed by atoms with Crippen molar-refractivity contribution in [3.63, 3.8) is 0 Å². The monoisotopic (exact) mass is 209 g/mol. The topological polar surface area (TPSA) is 84.1 Å². The van der Waals surface area contributed by atoms with Gasteiger partial charge in [-0.3, -0.25) is 9.78 Å². The lowest BCUT2D eigenvalue weighted by Gasteiger charge is -2.16. The van der Waals surface area contributed by atoms with Crippen molar-refractivity contribution in [2.45, 2.75) is 6.92 Å². The second-order valence-electron chi connectivity index (χ2n) is 3.11. The largest absolute Gasteiger partial charge is 0.382 e. The van der Waals surface area contributed by atoms with Crippen LogP contribution in [-0.4, -0.2) is 36.0 Å². The molecule has 1 heterocycles. The Bertz CT molecular complexity index is 341. The second kappa shape index (κ2) is 5.14. The van der Waals surface area contributed by atoms with Crippen molar-refractivity contribution in [3.8, 4) is 0 Å². The number of aromatic nitrogens is 2. The van der Waals surface area contributed by atoms with Crippen molar-refractivity contribution in [3.05, 3.63) is 12.4 Å². The van der Waals surface area contributed by atoms with Gasteiger partial charge in [0, 0.05) is 13.6 Å². The molecular formula is C9H15N5O. The van der Waals surface area contributed by atoms with Gasteiger partial charge in [-0.2, -0.15) is 0 Å². The smallest absolute Gasteiger partial charge is 0.239 e. The number of hydrogen-bond acceptors (Lipinski definition) is 5. The van der Waals surface area contributed by atoms with Crippen LogP contribution in [0.5, 0.6) is 0 Å². The van der Waals surface area contributed by atoms with Gasteiger partial charge in [-0.25, -0.2) is 4.98 Å². The normalized spacial score (nSPS) is 9.73. The summed E-state index contributed by atoms with van der Waals surface area (Å²) in [7, 11) is 1.76. The van der Waals surface area contributed by atoms with Crippen LogP contribution in [0.25, 0.3) is 0 Å². The van der Waals surface area contributed by atoms with Crippen LogP contribution >= 0.6 is 0 Å². The van der Waals surface area contributed by atoms with Crippen LogP contribution in [0.1, 0.15) is 6.92 Å². The Morgan fingerprint density at radius 2 is 2.33 bits per heavy atom. The number of amides is 1. The molecule has 0 unspecified atom stereocenters. The zero-order valence-electron chi connectivity index (χ0n) is 8.90. The molecule has 82 valence electrons. The van der Waals surface area contributed by atoms with Crippen LogP contribution in [-0.2, 0) is 4.79 Å². The summed E-state index contributed by atoms with van der Waals surface area (Å²) in [5, 5.41) is 2.70. The first kappa shape index (κ1) is 11.2. The third-order valence-corrected chi connectivity index (χ3v) is 1.79. The highest BCUT2D eigenvalue weighted by molar-refractivity contribution is 5.80. The number of anilines is 2. The number of carbonyl (C=O) groups excluding carboxylic acids is 1. The van der Waals surface area contributed by atoms with Gasteiger partial charge in [-0.1, -0.05) is 0 Å². The summed E-state index contributed by atoms with van der Waals surface area (Å²) in [5.41, 5.74) is 5.49. The quantitative estimate of drug-likeness (QED) is 0.707. The van der Waals surface area contributed by atoms with Gasteiger partial charge in [0.1, 0.15) is 11.6 Å². The summed E-state index contributed by atoms with van der Waals surface area (Å²) in [6, 6.07) is 0. The third kappa shape index (κ3) is 3.41. The van der Waals surface area contributed by atoms with Gasteiger partial charge >= 0.3 is 0 Å². The van der Waals surface area contributed by atoms with Crippen molar-refractivity contribution in [2.24, 2.45) is 0 Å². The van der Waals surface area contributed by atoms with Crippen molar-refractivity contribution in [1.82, 2.24) is 15.3 Å². The fourth-order valence-corrected chi connectivity index (χ4v) is 1.10. The van der Waals surface area contributed by atoms with Crippen LogP contribution in [0.15, 0.2) is 12.4 Å². The Labute approximate surface area is 88.5 Å². The molecular weight excluding hydrogens is 194 g/mol. The van der Waals surface area contributed by atoms with E-state index in [0.29, 0.717) is 18.2 Å². The number of nitrogen functional groups attached to an aromatic ring is 1. The van der Waals surface area contributed by atoms with E-state index in [1.807, 2.05) is 6.92 Å². The summed E-state index contributed by atoms with van der Waals surface area (Å²) >= 11 is 0. The van der Waals surface area contributed by atoms with Crippen molar-refractivity contribution >= 4 is 17.5 Å². The number of likely N-dealkylation sites (N-methyl/N-ethyl adjacent to an activating group) is 2. The van der Waals surface area contributed by atoms with Crippen LogP contribution in [0.3, 0.4) is 0 Å². The SMILES string of the molecule is CCNC(=O)CN(C)c1cncc(N)n1. The van der Waals surface area contributed by atoms with Gasteiger partial charge < -0.3 is 16.0 Å². The predicted octanol–water partition coefficient (Wildman–Crippen LogP) is -0.369. The molecule has 1 rings (SSSR count). The number of nitrogens with zero attached hydrogens (tertiary/aromatic N) is 3. The Balaban J connectivity index is 2.60. The van der Waals surface area contributed by atoms with Crippen LogP contribution in [0.4, 0.5) is 11.6 Å². The van der Waals surface area contributed by atoms with Crippen LogP contribution < -0.4 is 16.0 Å². The average molecular weight is 209 g/mol. The molecule has 0 aliphatic rings. The molecule has 15 heavy (non-hydrogen) atoms. The van der Waals surface area contributed by atoms with Gasteiger partial charge in [0.05, 0.1) is 18.9 Å². The maximum Gasteiger partial charge on any atom is 0.239 e. The highest BCUT2D eigenvalue weighted by atomic mass is 16.2. The average Bonchev–Trinajstić information content (AvgIpc) is 2.18. The number of rotatable bonds is 4. The maximum atomic E-state index is 11.3. The summed E-state index contributed by atoms with van der Waals surface area (Å²) in [4.78, 5) is 20.9. The fourth-order valence-electron chi connectivity index (χ4n) is 1.10. The van der Waals surface area contributed by atoms with Gasteiger partial charge in [0.25, 0.3) is 0 Å². The molecule has 1 amide bonds. The van der Waals surface area contributed by atoms with E-state index in [-0.39, 0.29) is 12.5 Å². The fraction of sp³-hybridized carbons (Fsp3) is 0.444. The predicted molar refractivity (Wildman–Crippen MR) is 58.4 cm³/mol. The molecule has 0 spiro atoms. The van der Waals surface area contributed by atoms with Crippen molar-refractivity contribution < 1.29 is 4.79 Å². The second-order valence-corrected chi connectivity index (χ2v) is 3.11. The van der Waals surface area contributed by atoms with Crippen molar-refractivity contribution in [1.29, 1.82) is 0 Å². The van der Waals surface area contributed by atoms with E-state index in [2.05, 4.69) is 15.3 Å². The van der Waals surface area contributed by atoms with Crippen molar-refractivity contribution in [2.75, 3.05) is 30.8 Å². The Morgan fingerprint density at radius 3 is 2.93 bits per heavy atom. The molecule has 1 aromatic heterocycles. The Hall–Kier alpha value is -1.85. The number of hydrogen-bond donors (Lipinski definition) is 2. The lowest BCUT2D eigenvalue weighted by molar-refractivity contribution is -0.119. The number of carbonyl (C=O) groups is 1. The molecule has 0 aromatic carbocycles. The standard InChI is InChI=1S/C9H15N5O/c1-3-12-9(15)6-14(2)8-5-11-4-7(10)13-8/h4-5H,3,6H2,1-2H3,(H2,10,13)(H,12,15). The van der Waals surface area contributed by atoms with Gasteiger partial charge in [0.2, 0.25) is 5.91 Å². The van der Waals surface area contributed by atoms with E-state index in [1.54, 1.807) is 18.1 Å². The van der Waals surface area contributed by atoms with E-state index >= 15 is 0 Å². The molecule has 0 saturated carbocycles. The van der Waals surface area contributed by atoms with E-state index in [0.717, 1.165) is 0 Å². The van der Waals surface area contributed by atoms with E-state index in [1.165, 1.54) is 6.20 Å². The molecule has 0 aliphatic heterocycles. The van der Waals surface area contributed by atoms with E-state index in [4.69, 9.17) is 5.73 Å². The number of nitrogens with two attached hydrogens (primary N) is 1. The molecule has 0 radical (unpaired) electrons. The molecule has 0 aliphatic carbocycles. The van der Waals surface area contributed by atoms with Gasteiger partial charge in [-0.15, -0.1) is 0 Å². The Kier molecular flexibility index (Phi) is 3.84. The van der Waals surface area contributed by atoms with Crippen LogP contribution in [0.2, 0.25) is 0 Å². The summed E-state index contributed by atoms with van der Waals surface area (Å²) in [6.45, 7) is 2.74. The van der Waals surface area contributed by atoms with Gasteiger partial charge in [-0.05, 0) is 6.92 Å². The minimum Gasteiger partial charge on any atom is -0.382 e. The molecule has 1 aromatic rings. The zero-order valence-corrected chi connectivity index (χ0v) is 8.90. The Morgan fingerprint density at radius 1 is 1.60 bits per heavy atom. The van der Waals surface area contributed by atoms with Crippen LogP contribution in [0, 0.1) is 0 Å². The summed E-state index contributed by atoms with van der Waals surface area (Å²) < 4.78 is 0. The molecule has 3 N–H and O–H groups in total. The molecule has 6 nitrogen and oxygen atoms in total. The summed E-state index contributed by atoms with van der Waals surface area (Å²) in [6.07, 6.45) is 3.03. The lowest BCUT2D eigenvalue weighted by Crippen LogP contribution is -2.35. The highest BCUT2D eigenvalue weighted by Gasteiger charge is 2.07. The minimum atomic E-state index is -0.0516.